The smallest absolute Gasteiger partial charge is 0.265 e. The first-order valence-corrected chi connectivity index (χ1v) is 8.13. The fourth-order valence-corrected chi connectivity index (χ4v) is 5.08. The maximum Gasteiger partial charge on any atom is 0.265 e. The van der Waals surface area contributed by atoms with E-state index in [0.717, 1.165) is 8.66 Å². The highest BCUT2D eigenvalue weighted by atomic mass is 79.9. The molecule has 2 heterocycles. The Bertz CT molecular complexity index is 653. The van der Waals surface area contributed by atoms with Crippen LogP contribution < -0.4 is 4.31 Å². The molecule has 2 aromatic heterocycles. The quantitative estimate of drug-likeness (QED) is 0.858. The second-order valence-electron chi connectivity index (χ2n) is 3.65. The number of hydrogen-bond acceptors (Lipinski definition) is 4. The number of hydrogen-bond donors (Lipinski definition) is 0. The average molecular weight is 347 g/mol. The van der Waals surface area contributed by atoms with Crippen LogP contribution in [0.5, 0.6) is 0 Å². The molecule has 0 saturated carbocycles. The monoisotopic (exact) mass is 346 g/mol. The van der Waals surface area contributed by atoms with Gasteiger partial charge >= 0.3 is 0 Å². The standard InChI is InChI=1S/C11H11BrN2O2S2/c1-8-10(6-11(12)17-8)18(15,16)14(2)9-4-3-5-13-7-9/h3-7H,1-2H3. The number of thiophene rings is 1. The van der Waals surface area contributed by atoms with Gasteiger partial charge in [0.15, 0.2) is 0 Å². The van der Waals surface area contributed by atoms with E-state index in [1.165, 1.54) is 28.9 Å². The Labute approximate surface area is 118 Å². The fraction of sp³-hybridized carbons (Fsp3) is 0.182. The van der Waals surface area contributed by atoms with Crippen LogP contribution in [0.2, 0.25) is 0 Å². The maximum atomic E-state index is 12.5. The molecule has 0 radical (unpaired) electrons. The molecular formula is C11H11BrN2O2S2. The van der Waals surface area contributed by atoms with Crippen molar-refractivity contribution >= 4 is 43.0 Å². The molecule has 0 bridgehead atoms. The van der Waals surface area contributed by atoms with Gasteiger partial charge < -0.3 is 0 Å². The van der Waals surface area contributed by atoms with Gasteiger partial charge in [-0.2, -0.15) is 0 Å². The molecule has 0 N–H and O–H groups in total. The zero-order valence-corrected chi connectivity index (χ0v) is 13.0. The molecule has 2 aromatic rings. The summed E-state index contributed by atoms with van der Waals surface area (Å²) in [4.78, 5) is 5.01. The van der Waals surface area contributed by atoms with Gasteiger partial charge in [-0.3, -0.25) is 9.29 Å². The number of rotatable bonds is 3. The normalized spacial score (nSPS) is 11.5. The van der Waals surface area contributed by atoms with Gasteiger partial charge in [0.25, 0.3) is 10.0 Å². The molecule has 0 fully saturated rings. The van der Waals surface area contributed by atoms with Crippen molar-refractivity contribution < 1.29 is 8.42 Å². The van der Waals surface area contributed by atoms with Crippen LogP contribution in [0.25, 0.3) is 0 Å². The lowest BCUT2D eigenvalue weighted by atomic mass is 10.4. The van der Waals surface area contributed by atoms with Crippen molar-refractivity contribution in [1.29, 1.82) is 0 Å². The van der Waals surface area contributed by atoms with Crippen LogP contribution in [0.4, 0.5) is 5.69 Å². The van der Waals surface area contributed by atoms with E-state index in [2.05, 4.69) is 20.9 Å². The summed E-state index contributed by atoms with van der Waals surface area (Å²) < 4.78 is 26.9. The fourth-order valence-electron chi connectivity index (χ4n) is 1.51. The zero-order valence-electron chi connectivity index (χ0n) is 9.79. The lowest BCUT2D eigenvalue weighted by molar-refractivity contribution is 0.594. The molecule has 4 nitrogen and oxygen atoms in total. The Kier molecular flexibility index (Phi) is 3.74. The van der Waals surface area contributed by atoms with Crippen LogP contribution in [-0.4, -0.2) is 20.4 Å². The molecule has 0 amide bonds. The summed E-state index contributed by atoms with van der Waals surface area (Å²) >= 11 is 4.71. The number of sulfonamides is 1. The predicted molar refractivity (Wildman–Crippen MR) is 76.6 cm³/mol. The van der Waals surface area contributed by atoms with E-state index in [9.17, 15) is 8.42 Å². The molecule has 0 aliphatic rings. The molecule has 18 heavy (non-hydrogen) atoms. The summed E-state index contributed by atoms with van der Waals surface area (Å²) in [6.45, 7) is 1.79. The van der Waals surface area contributed by atoms with Crippen LogP contribution in [0.15, 0.2) is 39.3 Å². The SMILES string of the molecule is Cc1sc(Br)cc1S(=O)(=O)N(C)c1cccnc1. The first kappa shape index (κ1) is 13.5. The van der Waals surface area contributed by atoms with E-state index in [0.29, 0.717) is 10.6 Å². The number of halogens is 1. The lowest BCUT2D eigenvalue weighted by Gasteiger charge is -2.18. The minimum Gasteiger partial charge on any atom is -0.268 e. The van der Waals surface area contributed by atoms with E-state index < -0.39 is 10.0 Å². The van der Waals surface area contributed by atoms with Gasteiger partial charge in [-0.05, 0) is 41.1 Å². The van der Waals surface area contributed by atoms with Crippen LogP contribution in [0.1, 0.15) is 4.88 Å². The maximum absolute atomic E-state index is 12.5. The van der Waals surface area contributed by atoms with Gasteiger partial charge in [-0.15, -0.1) is 11.3 Å². The van der Waals surface area contributed by atoms with Crippen LogP contribution in [-0.2, 0) is 10.0 Å². The third-order valence-electron chi connectivity index (χ3n) is 2.49. The summed E-state index contributed by atoms with van der Waals surface area (Å²) in [7, 11) is -2.00. The van der Waals surface area contributed by atoms with Crippen molar-refractivity contribution in [2.45, 2.75) is 11.8 Å². The van der Waals surface area contributed by atoms with E-state index in [-0.39, 0.29) is 0 Å². The Hall–Kier alpha value is -0.920. The number of nitrogens with zero attached hydrogens (tertiary/aromatic N) is 2. The Morgan fingerprint density at radius 3 is 2.67 bits per heavy atom. The summed E-state index contributed by atoms with van der Waals surface area (Å²) in [5.41, 5.74) is 0.541. The van der Waals surface area contributed by atoms with Crippen molar-refractivity contribution in [3.8, 4) is 0 Å². The minimum absolute atomic E-state index is 0.325. The zero-order chi connectivity index (χ0) is 13.3. The second-order valence-corrected chi connectivity index (χ2v) is 8.23. The summed E-state index contributed by atoms with van der Waals surface area (Å²) in [6.07, 6.45) is 3.13. The van der Waals surface area contributed by atoms with Crippen molar-refractivity contribution in [2.75, 3.05) is 11.4 Å². The molecule has 0 aliphatic heterocycles. The third kappa shape index (κ3) is 2.43. The molecule has 0 aromatic carbocycles. The number of aryl methyl sites for hydroxylation is 1. The highest BCUT2D eigenvalue weighted by Crippen LogP contribution is 2.32. The molecule has 7 heteroatoms. The molecule has 96 valence electrons. The van der Waals surface area contributed by atoms with Gasteiger partial charge in [-0.25, -0.2) is 8.42 Å². The van der Waals surface area contributed by atoms with Crippen LogP contribution in [0, 0.1) is 6.92 Å². The molecule has 0 saturated heterocycles. The van der Waals surface area contributed by atoms with Gasteiger partial charge in [0.05, 0.1) is 15.7 Å². The van der Waals surface area contributed by atoms with Crippen LogP contribution >= 0.6 is 27.3 Å². The number of aromatic nitrogens is 1. The molecule has 0 atom stereocenters. The van der Waals surface area contributed by atoms with Crippen molar-refractivity contribution in [3.05, 3.63) is 39.3 Å². The first-order chi connectivity index (χ1) is 8.43. The molecule has 0 unspecified atom stereocenters. The van der Waals surface area contributed by atoms with E-state index in [1.54, 1.807) is 31.3 Å². The van der Waals surface area contributed by atoms with Gasteiger partial charge in [-0.1, -0.05) is 0 Å². The Morgan fingerprint density at radius 2 is 2.17 bits per heavy atom. The largest absolute Gasteiger partial charge is 0.268 e. The molecule has 0 spiro atoms. The summed E-state index contributed by atoms with van der Waals surface area (Å²) in [5, 5.41) is 0. The van der Waals surface area contributed by atoms with Crippen molar-refractivity contribution in [3.63, 3.8) is 0 Å². The molecule has 0 aliphatic carbocycles. The minimum atomic E-state index is -3.53. The summed E-state index contributed by atoms with van der Waals surface area (Å²) in [6, 6.07) is 5.04. The highest BCUT2D eigenvalue weighted by molar-refractivity contribution is 9.11. The second kappa shape index (κ2) is 4.99. The lowest BCUT2D eigenvalue weighted by Crippen LogP contribution is -2.26. The van der Waals surface area contributed by atoms with Crippen molar-refractivity contribution in [1.82, 2.24) is 4.98 Å². The number of pyridine rings is 1. The van der Waals surface area contributed by atoms with Gasteiger partial charge in [0.2, 0.25) is 0 Å². The highest BCUT2D eigenvalue weighted by Gasteiger charge is 2.25. The Morgan fingerprint density at radius 1 is 1.44 bits per heavy atom. The predicted octanol–water partition coefficient (Wildman–Crippen LogP) is 3.04. The summed E-state index contributed by atoms with van der Waals surface area (Å²) in [5.74, 6) is 0. The van der Waals surface area contributed by atoms with E-state index in [1.807, 2.05) is 0 Å². The van der Waals surface area contributed by atoms with E-state index in [4.69, 9.17) is 0 Å². The van der Waals surface area contributed by atoms with Crippen molar-refractivity contribution in [2.24, 2.45) is 0 Å². The van der Waals surface area contributed by atoms with Gasteiger partial charge in [0, 0.05) is 18.1 Å². The topological polar surface area (TPSA) is 50.3 Å². The number of anilines is 1. The van der Waals surface area contributed by atoms with E-state index >= 15 is 0 Å². The van der Waals surface area contributed by atoms with Crippen LogP contribution in [0.3, 0.4) is 0 Å². The van der Waals surface area contributed by atoms with Gasteiger partial charge in [0.1, 0.15) is 4.90 Å². The molecule has 2 rings (SSSR count). The first-order valence-electron chi connectivity index (χ1n) is 5.08. The Balaban J connectivity index is 2.47. The molecular weight excluding hydrogens is 336 g/mol. The third-order valence-corrected chi connectivity index (χ3v) is 6.08. The average Bonchev–Trinajstić information content (AvgIpc) is 2.69.